The molecular formula is C33H34F3N3O5S. The maximum atomic E-state index is 13.1. The summed E-state index contributed by atoms with van der Waals surface area (Å²) < 4.78 is 71.0. The number of carbonyl (C=O) groups is 1. The van der Waals surface area contributed by atoms with Crippen molar-refractivity contribution in [3.05, 3.63) is 107 Å². The highest BCUT2D eigenvalue weighted by Crippen LogP contribution is 2.32. The molecule has 1 aliphatic rings. The van der Waals surface area contributed by atoms with Gasteiger partial charge in [0.2, 0.25) is 0 Å². The normalized spacial score (nSPS) is 15.1. The smallest absolute Gasteiger partial charge is 0.394 e. The molecule has 1 amide bonds. The van der Waals surface area contributed by atoms with Gasteiger partial charge in [0.25, 0.3) is 5.91 Å². The number of alkyl halides is 3. The van der Waals surface area contributed by atoms with Gasteiger partial charge in [-0.05, 0) is 65.7 Å². The van der Waals surface area contributed by atoms with Crippen molar-refractivity contribution in [2.45, 2.75) is 30.6 Å². The van der Waals surface area contributed by atoms with Gasteiger partial charge in [-0.3, -0.25) is 9.69 Å². The largest absolute Gasteiger partial charge is 0.416 e. The maximum absolute atomic E-state index is 13.1. The topological polar surface area (TPSA) is 101 Å². The van der Waals surface area contributed by atoms with Crippen LogP contribution in [0.25, 0.3) is 16.8 Å². The Morgan fingerprint density at radius 2 is 1.60 bits per heavy atom. The molecule has 3 aromatic carbocycles. The lowest BCUT2D eigenvalue weighted by atomic mass is 10.1. The highest BCUT2D eigenvalue weighted by molar-refractivity contribution is 7.91. The highest BCUT2D eigenvalue weighted by atomic mass is 32.2. The lowest BCUT2D eigenvalue weighted by Crippen LogP contribution is -2.36. The predicted molar refractivity (Wildman–Crippen MR) is 164 cm³/mol. The number of morpholine rings is 1. The monoisotopic (exact) mass is 641 g/mol. The van der Waals surface area contributed by atoms with Gasteiger partial charge < -0.3 is 19.7 Å². The first kappa shape index (κ1) is 32.4. The van der Waals surface area contributed by atoms with Crippen molar-refractivity contribution < 1.29 is 36.2 Å². The van der Waals surface area contributed by atoms with Crippen molar-refractivity contribution in [2.24, 2.45) is 0 Å². The summed E-state index contributed by atoms with van der Waals surface area (Å²) in [6, 6.07) is 19.2. The molecule has 2 N–H and O–H groups in total. The van der Waals surface area contributed by atoms with Crippen LogP contribution in [-0.2, 0) is 27.3 Å². The Balaban J connectivity index is 1.37. The third kappa shape index (κ3) is 7.64. The van der Waals surface area contributed by atoms with Gasteiger partial charge in [-0.15, -0.1) is 0 Å². The van der Waals surface area contributed by atoms with Gasteiger partial charge >= 0.3 is 6.18 Å². The molecule has 5 rings (SSSR count). The Morgan fingerprint density at radius 3 is 2.18 bits per heavy atom. The van der Waals surface area contributed by atoms with E-state index in [1.54, 1.807) is 43.3 Å². The number of nitrogens with zero attached hydrogens (tertiary/aromatic N) is 2. The van der Waals surface area contributed by atoms with Crippen LogP contribution in [0, 0.1) is 0 Å². The molecule has 0 saturated carbocycles. The van der Waals surface area contributed by atoms with Crippen molar-refractivity contribution in [1.82, 2.24) is 14.8 Å². The molecule has 1 aliphatic heterocycles. The summed E-state index contributed by atoms with van der Waals surface area (Å²) in [5, 5.41) is 12.7. The zero-order chi connectivity index (χ0) is 32.2. The van der Waals surface area contributed by atoms with Crippen molar-refractivity contribution in [3.63, 3.8) is 0 Å². The Hall–Kier alpha value is -3.97. The molecule has 2 heterocycles. The molecule has 0 spiro atoms. The minimum atomic E-state index is -4.42. The van der Waals surface area contributed by atoms with Crippen LogP contribution in [0.2, 0.25) is 0 Å². The first-order valence-corrected chi connectivity index (χ1v) is 16.2. The van der Waals surface area contributed by atoms with Gasteiger partial charge in [-0.1, -0.05) is 31.2 Å². The number of aliphatic hydroxyl groups excluding tert-OH is 1. The van der Waals surface area contributed by atoms with Crippen molar-refractivity contribution in [2.75, 3.05) is 38.7 Å². The van der Waals surface area contributed by atoms with E-state index >= 15 is 0 Å². The van der Waals surface area contributed by atoms with Crippen molar-refractivity contribution in [1.29, 1.82) is 0 Å². The third-order valence-corrected chi connectivity index (χ3v) is 9.60. The van der Waals surface area contributed by atoms with E-state index in [-0.39, 0.29) is 17.3 Å². The summed E-state index contributed by atoms with van der Waals surface area (Å²) in [5.41, 5.74) is 3.31. The van der Waals surface area contributed by atoms with Crippen LogP contribution in [0.3, 0.4) is 0 Å². The standard InChI is InChI=1S/C33H34F3N3O5S/c1-2-45(42,43)30-13-7-24(8-14-30)31(22-40)37-32(41)25-5-11-28(12-6-25)39-20-26(19-29(39)21-38-15-17-44-18-16-38)23-3-9-27(10-4-23)33(34,35)36/h3-14,19-20,31,40H,2,15-18,21-22H2,1H3,(H,37,41)/t31-/m0/s1. The number of aliphatic hydroxyl groups is 1. The van der Waals surface area contributed by atoms with Crippen molar-refractivity contribution in [3.8, 4) is 16.8 Å². The first-order valence-electron chi connectivity index (χ1n) is 14.5. The van der Waals surface area contributed by atoms with Crippen LogP contribution in [0.4, 0.5) is 13.2 Å². The lowest BCUT2D eigenvalue weighted by molar-refractivity contribution is -0.137. The number of halogens is 3. The molecule has 1 atom stereocenters. The fraction of sp³-hybridized carbons (Fsp3) is 0.303. The quantitative estimate of drug-likeness (QED) is 0.245. The minimum absolute atomic E-state index is 0.0312. The highest BCUT2D eigenvalue weighted by Gasteiger charge is 2.30. The van der Waals surface area contributed by atoms with Crippen LogP contribution < -0.4 is 5.32 Å². The Labute approximate surface area is 260 Å². The molecular weight excluding hydrogens is 607 g/mol. The summed E-state index contributed by atoms with van der Waals surface area (Å²) in [6.45, 7) is 4.52. The Morgan fingerprint density at radius 1 is 0.956 bits per heavy atom. The third-order valence-electron chi connectivity index (χ3n) is 7.85. The second kappa shape index (κ2) is 13.6. The van der Waals surface area contributed by atoms with Gasteiger partial charge in [-0.2, -0.15) is 13.2 Å². The fourth-order valence-electron chi connectivity index (χ4n) is 5.19. The van der Waals surface area contributed by atoms with Gasteiger partial charge in [0.1, 0.15) is 0 Å². The molecule has 8 nitrogen and oxygen atoms in total. The molecule has 4 aromatic rings. The lowest BCUT2D eigenvalue weighted by Gasteiger charge is -2.27. The van der Waals surface area contributed by atoms with Crippen LogP contribution in [-0.4, -0.2) is 67.6 Å². The molecule has 238 valence electrons. The summed E-state index contributed by atoms with van der Waals surface area (Å²) in [7, 11) is -3.37. The summed E-state index contributed by atoms with van der Waals surface area (Å²) in [4.78, 5) is 15.5. The van der Waals surface area contributed by atoms with E-state index in [1.807, 2.05) is 16.8 Å². The van der Waals surface area contributed by atoms with E-state index in [4.69, 9.17) is 4.74 Å². The molecule has 0 unspecified atom stereocenters. The van der Waals surface area contributed by atoms with Crippen LogP contribution in [0.1, 0.15) is 40.1 Å². The molecule has 1 fully saturated rings. The average Bonchev–Trinajstić information content (AvgIpc) is 3.47. The zero-order valence-corrected chi connectivity index (χ0v) is 25.4. The van der Waals surface area contributed by atoms with E-state index < -0.39 is 33.5 Å². The van der Waals surface area contributed by atoms with Gasteiger partial charge in [0.15, 0.2) is 9.84 Å². The van der Waals surface area contributed by atoms with Gasteiger partial charge in [-0.25, -0.2) is 8.42 Å². The second-order valence-electron chi connectivity index (χ2n) is 10.8. The summed E-state index contributed by atoms with van der Waals surface area (Å²) >= 11 is 0. The Bertz CT molecular complexity index is 1710. The van der Waals surface area contributed by atoms with E-state index in [0.717, 1.165) is 42.2 Å². The molecule has 0 aliphatic carbocycles. The van der Waals surface area contributed by atoms with Crippen LogP contribution >= 0.6 is 0 Å². The number of rotatable bonds is 10. The number of benzene rings is 3. The number of sulfone groups is 1. The predicted octanol–water partition coefficient (Wildman–Crippen LogP) is 5.25. The number of amides is 1. The van der Waals surface area contributed by atoms with Gasteiger partial charge in [0.05, 0.1) is 42.1 Å². The van der Waals surface area contributed by atoms with E-state index in [9.17, 15) is 31.5 Å². The fourth-order valence-corrected chi connectivity index (χ4v) is 6.08. The zero-order valence-electron chi connectivity index (χ0n) is 24.6. The summed E-state index contributed by atoms with van der Waals surface area (Å²) in [5.74, 6) is -0.450. The number of nitrogens with one attached hydrogen (secondary N) is 1. The molecule has 0 radical (unpaired) electrons. The number of hydrogen-bond acceptors (Lipinski definition) is 6. The Kier molecular flexibility index (Phi) is 9.78. The maximum Gasteiger partial charge on any atom is 0.416 e. The number of hydrogen-bond donors (Lipinski definition) is 2. The van der Waals surface area contributed by atoms with Crippen LogP contribution in [0.5, 0.6) is 0 Å². The molecule has 1 saturated heterocycles. The van der Waals surface area contributed by atoms with Crippen molar-refractivity contribution >= 4 is 15.7 Å². The molecule has 1 aromatic heterocycles. The minimum Gasteiger partial charge on any atom is -0.394 e. The van der Waals surface area contributed by atoms with E-state index in [1.165, 1.54) is 24.3 Å². The second-order valence-corrected chi connectivity index (χ2v) is 13.1. The molecule has 0 bridgehead atoms. The SMILES string of the molecule is CCS(=O)(=O)c1ccc([C@H](CO)NC(=O)c2ccc(-n3cc(-c4ccc(C(F)(F)F)cc4)cc3CN3CCOCC3)cc2)cc1. The number of ether oxygens (including phenoxy) is 1. The summed E-state index contributed by atoms with van der Waals surface area (Å²) in [6.07, 6.45) is -2.54. The number of aromatic nitrogens is 1. The number of carbonyl (C=O) groups excluding carboxylic acids is 1. The van der Waals surface area contributed by atoms with E-state index in [0.29, 0.717) is 36.4 Å². The average molecular weight is 642 g/mol. The first-order chi connectivity index (χ1) is 21.5. The molecule has 45 heavy (non-hydrogen) atoms. The van der Waals surface area contributed by atoms with E-state index in [2.05, 4.69) is 10.2 Å². The van der Waals surface area contributed by atoms with Crippen LogP contribution in [0.15, 0.2) is 90.0 Å². The van der Waals surface area contributed by atoms with Gasteiger partial charge in [0, 0.05) is 48.3 Å². The molecule has 12 heteroatoms.